The van der Waals surface area contributed by atoms with Crippen LogP contribution in [0.1, 0.15) is 21.7 Å². The fraction of sp³-hybridized carbons (Fsp3) is 0.150. The van der Waals surface area contributed by atoms with Gasteiger partial charge in [-0.3, -0.25) is 28.5 Å². The minimum Gasteiger partial charge on any atom is -0.458 e. The number of rotatable bonds is 4. The predicted octanol–water partition coefficient (Wildman–Crippen LogP) is 1.28. The number of ether oxygens (including phenoxy) is 1. The summed E-state index contributed by atoms with van der Waals surface area (Å²) in [5, 5.41) is 0. The van der Waals surface area contributed by atoms with E-state index in [1.807, 2.05) is 0 Å². The van der Waals surface area contributed by atoms with Crippen molar-refractivity contribution in [1.29, 1.82) is 0 Å². The van der Waals surface area contributed by atoms with Crippen LogP contribution in [0.3, 0.4) is 0 Å². The van der Waals surface area contributed by atoms with E-state index in [1.165, 1.54) is 16.5 Å². The van der Waals surface area contributed by atoms with Crippen LogP contribution < -0.4 is 10.5 Å². The molecule has 1 aliphatic rings. The maximum absolute atomic E-state index is 12.3. The van der Waals surface area contributed by atoms with Crippen molar-refractivity contribution >= 4 is 29.0 Å². The van der Waals surface area contributed by atoms with Gasteiger partial charge in [0.1, 0.15) is 18.8 Å². The number of pyridine rings is 1. The van der Waals surface area contributed by atoms with Gasteiger partial charge >= 0.3 is 5.97 Å². The highest BCUT2D eigenvalue weighted by molar-refractivity contribution is 6.52. The van der Waals surface area contributed by atoms with Crippen molar-refractivity contribution in [3.8, 4) is 0 Å². The lowest BCUT2D eigenvalue weighted by Crippen LogP contribution is -2.35. The molecule has 3 aromatic rings. The maximum atomic E-state index is 12.3. The Labute approximate surface area is 159 Å². The Morgan fingerprint density at radius 1 is 1.07 bits per heavy atom. The van der Waals surface area contributed by atoms with Crippen molar-refractivity contribution < 1.29 is 19.1 Å². The minimum absolute atomic E-state index is 0.212. The van der Waals surface area contributed by atoms with Crippen molar-refractivity contribution in [2.45, 2.75) is 13.5 Å². The number of para-hydroxylation sites is 1. The summed E-state index contributed by atoms with van der Waals surface area (Å²) in [4.78, 5) is 53.9. The Hall–Kier alpha value is -3.81. The number of amides is 1. The van der Waals surface area contributed by atoms with E-state index in [9.17, 15) is 19.2 Å². The molecule has 0 N–H and O–H groups in total. The second-order valence-corrected chi connectivity index (χ2v) is 6.34. The number of fused-ring (bicyclic) bond motifs is 2. The van der Waals surface area contributed by atoms with Gasteiger partial charge in [-0.1, -0.05) is 18.2 Å². The van der Waals surface area contributed by atoms with E-state index in [4.69, 9.17) is 4.74 Å². The highest BCUT2D eigenvalue weighted by atomic mass is 16.5. The summed E-state index contributed by atoms with van der Waals surface area (Å²) in [6.07, 6.45) is 0. The van der Waals surface area contributed by atoms with E-state index in [0.29, 0.717) is 17.0 Å². The number of carbonyl (C=O) groups is 3. The minimum atomic E-state index is -0.768. The maximum Gasteiger partial charge on any atom is 0.326 e. The van der Waals surface area contributed by atoms with Crippen LogP contribution in [0.5, 0.6) is 0 Å². The van der Waals surface area contributed by atoms with Crippen LogP contribution in [0, 0.1) is 6.92 Å². The highest BCUT2D eigenvalue weighted by Gasteiger charge is 2.36. The first kappa shape index (κ1) is 17.6. The summed E-state index contributed by atoms with van der Waals surface area (Å²) in [5.74, 6) is -2.12. The summed E-state index contributed by atoms with van der Waals surface area (Å²) in [7, 11) is 0. The van der Waals surface area contributed by atoms with Crippen LogP contribution >= 0.6 is 0 Å². The van der Waals surface area contributed by atoms with Gasteiger partial charge < -0.3 is 4.74 Å². The van der Waals surface area contributed by atoms with Gasteiger partial charge in [0, 0.05) is 11.8 Å². The number of ketones is 1. The highest BCUT2D eigenvalue weighted by Crippen LogP contribution is 2.28. The average Bonchev–Trinajstić information content (AvgIpc) is 2.91. The first-order valence-electron chi connectivity index (χ1n) is 8.55. The molecule has 140 valence electrons. The molecule has 0 unspecified atom stereocenters. The summed E-state index contributed by atoms with van der Waals surface area (Å²) in [6, 6.07) is 13.0. The molecule has 0 radical (unpaired) electrons. The molecule has 0 fully saturated rings. The number of Topliss-reactive ketones (excluding diaryl/α,β-unsaturated/α-hetero) is 1. The first-order valence-corrected chi connectivity index (χ1v) is 8.55. The molecule has 1 aliphatic heterocycles. The zero-order valence-corrected chi connectivity index (χ0v) is 14.9. The Morgan fingerprint density at radius 2 is 1.86 bits per heavy atom. The first-order chi connectivity index (χ1) is 13.5. The summed E-state index contributed by atoms with van der Waals surface area (Å²) >= 11 is 0. The van der Waals surface area contributed by atoms with Gasteiger partial charge in [0.15, 0.2) is 0 Å². The molecule has 0 atom stereocenters. The summed E-state index contributed by atoms with van der Waals surface area (Å²) in [5.41, 5.74) is 1.87. The number of aryl methyl sites for hydroxylation is 1. The number of aromatic nitrogens is 2. The van der Waals surface area contributed by atoms with Crippen LogP contribution in [0.15, 0.2) is 53.3 Å². The van der Waals surface area contributed by atoms with E-state index in [1.54, 1.807) is 43.3 Å². The van der Waals surface area contributed by atoms with Crippen LogP contribution in [0.2, 0.25) is 0 Å². The SMILES string of the molecule is Cc1cccc2nc(COC(=O)CN3C(=O)C(=O)c4ccccc43)cc(=O)n12. The topological polar surface area (TPSA) is 98.0 Å². The van der Waals surface area contributed by atoms with E-state index < -0.39 is 24.2 Å². The summed E-state index contributed by atoms with van der Waals surface area (Å²) in [6.45, 7) is 1.19. The molecule has 4 rings (SSSR count). The molecule has 0 bridgehead atoms. The summed E-state index contributed by atoms with van der Waals surface area (Å²) < 4.78 is 6.62. The average molecular weight is 377 g/mol. The van der Waals surface area contributed by atoms with E-state index in [0.717, 1.165) is 10.6 Å². The van der Waals surface area contributed by atoms with Gasteiger partial charge in [0.2, 0.25) is 0 Å². The van der Waals surface area contributed by atoms with Crippen LogP contribution in [-0.2, 0) is 20.9 Å². The third kappa shape index (κ3) is 2.94. The largest absolute Gasteiger partial charge is 0.458 e. The third-order valence-electron chi connectivity index (χ3n) is 4.48. The lowest BCUT2D eigenvalue weighted by atomic mass is 10.1. The van der Waals surface area contributed by atoms with Crippen LogP contribution in [0.4, 0.5) is 5.69 Å². The normalized spacial score (nSPS) is 13.1. The lowest BCUT2D eigenvalue weighted by molar-refractivity contribution is -0.144. The Morgan fingerprint density at radius 3 is 2.68 bits per heavy atom. The van der Waals surface area contributed by atoms with Crippen molar-refractivity contribution in [1.82, 2.24) is 9.38 Å². The molecule has 28 heavy (non-hydrogen) atoms. The smallest absolute Gasteiger partial charge is 0.326 e. The second kappa shape index (κ2) is 6.73. The standard InChI is InChI=1S/C20H15N3O5/c1-12-5-4-8-16-21-13(9-17(24)23(12)16)11-28-18(25)10-22-15-7-3-2-6-14(15)19(26)20(22)27/h2-9H,10-11H2,1H3. The van der Waals surface area contributed by atoms with Gasteiger partial charge in [-0.15, -0.1) is 0 Å². The van der Waals surface area contributed by atoms with Crippen molar-refractivity contribution in [2.75, 3.05) is 11.4 Å². The Kier molecular flexibility index (Phi) is 4.23. The van der Waals surface area contributed by atoms with E-state index >= 15 is 0 Å². The number of carbonyl (C=O) groups excluding carboxylic acids is 3. The number of hydrogen-bond acceptors (Lipinski definition) is 6. The monoisotopic (exact) mass is 377 g/mol. The number of esters is 1. The molecule has 1 amide bonds. The molecule has 8 nitrogen and oxygen atoms in total. The molecule has 0 saturated carbocycles. The molecule has 2 aromatic heterocycles. The van der Waals surface area contributed by atoms with Gasteiger partial charge in [0.05, 0.1) is 16.9 Å². The number of anilines is 1. The third-order valence-corrected chi connectivity index (χ3v) is 4.48. The number of hydrogen-bond donors (Lipinski definition) is 0. The van der Waals surface area contributed by atoms with Crippen molar-refractivity contribution in [2.24, 2.45) is 0 Å². The number of nitrogens with zero attached hydrogens (tertiary/aromatic N) is 3. The molecule has 8 heteroatoms. The van der Waals surface area contributed by atoms with Crippen molar-refractivity contribution in [3.63, 3.8) is 0 Å². The zero-order valence-electron chi connectivity index (χ0n) is 14.9. The van der Waals surface area contributed by atoms with Crippen LogP contribution in [0.25, 0.3) is 5.65 Å². The number of benzene rings is 1. The van der Waals surface area contributed by atoms with Crippen LogP contribution in [-0.4, -0.2) is 33.6 Å². The molecule has 3 heterocycles. The molecule has 0 saturated heterocycles. The van der Waals surface area contributed by atoms with Crippen molar-refractivity contribution in [3.05, 3.63) is 75.8 Å². The van der Waals surface area contributed by atoms with Gasteiger partial charge in [-0.05, 0) is 31.2 Å². The lowest BCUT2D eigenvalue weighted by Gasteiger charge is -2.15. The zero-order chi connectivity index (χ0) is 19.8. The van der Waals surface area contributed by atoms with E-state index in [-0.39, 0.29) is 17.7 Å². The molecule has 0 aliphatic carbocycles. The fourth-order valence-electron chi connectivity index (χ4n) is 3.17. The Balaban J connectivity index is 1.49. The molecule has 0 spiro atoms. The van der Waals surface area contributed by atoms with Gasteiger partial charge in [0.25, 0.3) is 17.2 Å². The van der Waals surface area contributed by atoms with E-state index in [2.05, 4.69) is 4.98 Å². The van der Waals surface area contributed by atoms with Gasteiger partial charge in [-0.25, -0.2) is 4.98 Å². The predicted molar refractivity (Wildman–Crippen MR) is 99.1 cm³/mol. The van der Waals surface area contributed by atoms with Gasteiger partial charge in [-0.2, -0.15) is 0 Å². The fourth-order valence-corrected chi connectivity index (χ4v) is 3.17. The molecular formula is C20H15N3O5. The molecule has 1 aromatic carbocycles. The molecular weight excluding hydrogens is 362 g/mol. The Bertz CT molecular complexity index is 1200. The second-order valence-electron chi connectivity index (χ2n) is 6.34. The quantitative estimate of drug-likeness (QED) is 0.502.